The molecular weight excluding hydrogens is 254 g/mol. The Hall–Kier alpha value is -1.37. The lowest BCUT2D eigenvalue weighted by Gasteiger charge is -2.22. The number of aryl methyl sites for hydroxylation is 1. The van der Waals surface area contributed by atoms with Crippen molar-refractivity contribution in [1.29, 1.82) is 5.26 Å². The van der Waals surface area contributed by atoms with Crippen molar-refractivity contribution >= 4 is 21.4 Å². The van der Waals surface area contributed by atoms with Crippen LogP contribution in [-0.2, 0) is 11.2 Å². The number of benzene rings is 1. The standard InChI is InChI=1S/C16H17NOS/c1-3-4-13-16-12(7-8-18-13)14-11(9-17)6-5-10(2)15(14)19-16/h5-6,13H,3-4,7-8H2,1-2H3. The third-order valence-electron chi connectivity index (χ3n) is 3.80. The molecule has 0 radical (unpaired) electrons. The zero-order chi connectivity index (χ0) is 13.4. The summed E-state index contributed by atoms with van der Waals surface area (Å²) in [5.41, 5.74) is 3.45. The molecule has 1 atom stereocenters. The molecule has 0 bridgehead atoms. The van der Waals surface area contributed by atoms with Crippen molar-refractivity contribution in [3.8, 4) is 6.07 Å². The summed E-state index contributed by atoms with van der Waals surface area (Å²) in [7, 11) is 0. The van der Waals surface area contributed by atoms with Crippen molar-refractivity contribution in [2.45, 2.75) is 39.2 Å². The Morgan fingerprint density at radius 2 is 2.32 bits per heavy atom. The molecule has 0 saturated carbocycles. The fourth-order valence-electron chi connectivity index (χ4n) is 2.87. The first-order chi connectivity index (χ1) is 9.26. The van der Waals surface area contributed by atoms with Gasteiger partial charge in [0.1, 0.15) is 0 Å². The van der Waals surface area contributed by atoms with Gasteiger partial charge in [-0.1, -0.05) is 19.4 Å². The second-order valence-corrected chi connectivity index (χ2v) is 6.14. The third-order valence-corrected chi connectivity index (χ3v) is 5.26. The summed E-state index contributed by atoms with van der Waals surface area (Å²) in [5, 5.41) is 10.5. The van der Waals surface area contributed by atoms with Crippen molar-refractivity contribution in [2.24, 2.45) is 0 Å². The predicted molar refractivity (Wildman–Crippen MR) is 78.6 cm³/mol. The van der Waals surface area contributed by atoms with Gasteiger partial charge in [-0.2, -0.15) is 5.26 Å². The van der Waals surface area contributed by atoms with E-state index in [0.29, 0.717) is 0 Å². The van der Waals surface area contributed by atoms with E-state index in [1.807, 2.05) is 17.4 Å². The molecule has 0 saturated heterocycles. The van der Waals surface area contributed by atoms with E-state index in [-0.39, 0.29) is 6.10 Å². The van der Waals surface area contributed by atoms with Crippen molar-refractivity contribution < 1.29 is 4.74 Å². The molecule has 19 heavy (non-hydrogen) atoms. The van der Waals surface area contributed by atoms with Gasteiger partial charge >= 0.3 is 0 Å². The van der Waals surface area contributed by atoms with Crippen LogP contribution in [0.1, 0.15) is 47.4 Å². The maximum absolute atomic E-state index is 9.34. The summed E-state index contributed by atoms with van der Waals surface area (Å²) in [6.07, 6.45) is 3.37. The molecule has 3 rings (SSSR count). The maximum atomic E-state index is 9.34. The van der Waals surface area contributed by atoms with Crippen molar-refractivity contribution in [2.75, 3.05) is 6.61 Å². The summed E-state index contributed by atoms with van der Waals surface area (Å²) in [6.45, 7) is 5.10. The lowest BCUT2D eigenvalue weighted by molar-refractivity contribution is 0.0395. The van der Waals surface area contributed by atoms with Crippen LogP contribution in [0.4, 0.5) is 0 Å². The molecule has 1 unspecified atom stereocenters. The Balaban J connectivity index is 2.27. The van der Waals surface area contributed by atoms with Gasteiger partial charge in [0.05, 0.1) is 24.3 Å². The molecule has 1 aliphatic rings. The highest BCUT2D eigenvalue weighted by Gasteiger charge is 2.26. The van der Waals surface area contributed by atoms with Crippen LogP contribution in [0.3, 0.4) is 0 Å². The number of ether oxygens (including phenoxy) is 1. The first-order valence-corrected chi connectivity index (χ1v) is 7.64. The van der Waals surface area contributed by atoms with Gasteiger partial charge in [0.2, 0.25) is 0 Å². The highest BCUT2D eigenvalue weighted by atomic mass is 32.1. The smallest absolute Gasteiger partial charge is 0.0998 e. The summed E-state index contributed by atoms with van der Waals surface area (Å²) in [4.78, 5) is 1.36. The first kappa shape index (κ1) is 12.7. The number of nitriles is 1. The minimum absolute atomic E-state index is 0.233. The van der Waals surface area contributed by atoms with Crippen molar-refractivity contribution in [3.63, 3.8) is 0 Å². The summed E-state index contributed by atoms with van der Waals surface area (Å²) in [5.74, 6) is 0. The van der Waals surface area contributed by atoms with Gasteiger partial charge in [0, 0.05) is 15.0 Å². The van der Waals surface area contributed by atoms with Crippen LogP contribution >= 0.6 is 11.3 Å². The van der Waals surface area contributed by atoms with Crippen LogP contribution < -0.4 is 0 Å². The van der Waals surface area contributed by atoms with E-state index < -0.39 is 0 Å². The molecule has 1 aromatic heterocycles. The zero-order valence-electron chi connectivity index (χ0n) is 11.3. The van der Waals surface area contributed by atoms with E-state index in [1.54, 1.807) is 0 Å². The van der Waals surface area contributed by atoms with Gasteiger partial charge in [0.25, 0.3) is 0 Å². The molecule has 0 fully saturated rings. The second-order valence-electron chi connectivity index (χ2n) is 5.09. The molecule has 0 spiro atoms. The van der Waals surface area contributed by atoms with Gasteiger partial charge in [-0.25, -0.2) is 0 Å². The lowest BCUT2D eigenvalue weighted by Crippen LogP contribution is -2.14. The topological polar surface area (TPSA) is 33.0 Å². The van der Waals surface area contributed by atoms with E-state index in [1.165, 1.54) is 26.1 Å². The largest absolute Gasteiger partial charge is 0.372 e. The molecule has 0 N–H and O–H groups in total. The zero-order valence-corrected chi connectivity index (χ0v) is 12.1. The minimum Gasteiger partial charge on any atom is -0.372 e. The van der Waals surface area contributed by atoms with Crippen LogP contribution in [0.5, 0.6) is 0 Å². The fourth-order valence-corrected chi connectivity index (χ4v) is 4.30. The molecule has 3 heteroatoms. The molecular formula is C16H17NOS. The molecule has 1 aliphatic heterocycles. The molecule has 0 amide bonds. The van der Waals surface area contributed by atoms with Gasteiger partial charge < -0.3 is 4.74 Å². The predicted octanol–water partition coefficient (Wildman–Crippen LogP) is 4.50. The number of rotatable bonds is 2. The van der Waals surface area contributed by atoms with Crippen LogP contribution in [0, 0.1) is 18.3 Å². The molecule has 2 aromatic rings. The summed E-state index contributed by atoms with van der Waals surface area (Å²) < 4.78 is 7.19. The number of hydrogen-bond acceptors (Lipinski definition) is 3. The number of nitrogens with zero attached hydrogens (tertiary/aromatic N) is 1. The SMILES string of the molecule is CCCC1OCCc2c1sc1c(C)ccc(C#N)c21. The molecule has 2 nitrogen and oxygen atoms in total. The highest BCUT2D eigenvalue weighted by Crippen LogP contribution is 2.43. The van der Waals surface area contributed by atoms with E-state index in [9.17, 15) is 5.26 Å². The quantitative estimate of drug-likeness (QED) is 0.806. The average Bonchev–Trinajstić information content (AvgIpc) is 2.82. The van der Waals surface area contributed by atoms with E-state index >= 15 is 0 Å². The highest BCUT2D eigenvalue weighted by molar-refractivity contribution is 7.19. The third kappa shape index (κ3) is 1.96. The maximum Gasteiger partial charge on any atom is 0.0998 e. The summed E-state index contributed by atoms with van der Waals surface area (Å²) in [6, 6.07) is 6.35. The van der Waals surface area contributed by atoms with Crippen LogP contribution in [-0.4, -0.2) is 6.61 Å². The van der Waals surface area contributed by atoms with Crippen LogP contribution in [0.15, 0.2) is 12.1 Å². The normalized spacial score (nSPS) is 18.3. The number of thiophene rings is 1. The van der Waals surface area contributed by atoms with Crippen molar-refractivity contribution in [1.82, 2.24) is 0 Å². The van der Waals surface area contributed by atoms with Gasteiger partial charge in [-0.3, -0.25) is 0 Å². The van der Waals surface area contributed by atoms with Gasteiger partial charge in [0.15, 0.2) is 0 Å². The van der Waals surface area contributed by atoms with E-state index in [0.717, 1.165) is 31.4 Å². The Labute approximate surface area is 117 Å². The second kappa shape index (κ2) is 4.96. The lowest BCUT2D eigenvalue weighted by atomic mass is 9.97. The van der Waals surface area contributed by atoms with Crippen LogP contribution in [0.2, 0.25) is 0 Å². The van der Waals surface area contributed by atoms with Gasteiger partial charge in [-0.15, -0.1) is 11.3 Å². The number of hydrogen-bond donors (Lipinski definition) is 0. The molecule has 2 heterocycles. The minimum atomic E-state index is 0.233. The van der Waals surface area contributed by atoms with E-state index in [2.05, 4.69) is 26.0 Å². The Morgan fingerprint density at radius 3 is 3.05 bits per heavy atom. The molecule has 1 aromatic carbocycles. The Morgan fingerprint density at radius 1 is 1.47 bits per heavy atom. The van der Waals surface area contributed by atoms with Gasteiger partial charge in [-0.05, 0) is 37.0 Å². The Kier molecular flexibility index (Phi) is 3.30. The molecule has 0 aliphatic carbocycles. The van der Waals surface area contributed by atoms with Crippen molar-refractivity contribution in [3.05, 3.63) is 33.7 Å². The summed E-state index contributed by atoms with van der Waals surface area (Å²) >= 11 is 1.83. The first-order valence-electron chi connectivity index (χ1n) is 6.82. The van der Waals surface area contributed by atoms with E-state index in [4.69, 9.17) is 4.74 Å². The Bertz CT molecular complexity index is 665. The van der Waals surface area contributed by atoms with Crippen LogP contribution in [0.25, 0.3) is 10.1 Å². The monoisotopic (exact) mass is 271 g/mol. The number of fused-ring (bicyclic) bond motifs is 3. The fraction of sp³-hybridized carbons (Fsp3) is 0.438. The molecule has 98 valence electrons. The average molecular weight is 271 g/mol.